The molecular formula is C4H6N4O. The number of azo groups is 1. The van der Waals surface area contributed by atoms with Gasteiger partial charge in [0.15, 0.2) is 5.69 Å². The third-order valence-corrected chi connectivity index (χ3v) is 0.808. The normalized spacial score (nSPS) is 10.8. The number of hydrogen-bond donors (Lipinski definition) is 2. The van der Waals surface area contributed by atoms with E-state index in [0.29, 0.717) is 5.69 Å². The van der Waals surface area contributed by atoms with E-state index >= 15 is 0 Å². The van der Waals surface area contributed by atoms with Gasteiger partial charge < -0.3 is 5.11 Å². The Morgan fingerprint density at radius 3 is 3.00 bits per heavy atom. The molecule has 1 aromatic heterocycles. The van der Waals surface area contributed by atoms with Crippen molar-refractivity contribution in [3.63, 3.8) is 0 Å². The van der Waals surface area contributed by atoms with Crippen molar-refractivity contribution in [2.75, 3.05) is 7.05 Å². The van der Waals surface area contributed by atoms with Gasteiger partial charge in [0.2, 0.25) is 5.88 Å². The number of hydrogen-bond acceptors (Lipinski definition) is 4. The van der Waals surface area contributed by atoms with Crippen LogP contribution in [0.1, 0.15) is 0 Å². The van der Waals surface area contributed by atoms with Crippen molar-refractivity contribution in [2.45, 2.75) is 0 Å². The van der Waals surface area contributed by atoms with E-state index in [2.05, 4.69) is 20.4 Å². The zero-order valence-electron chi connectivity index (χ0n) is 4.87. The van der Waals surface area contributed by atoms with Crippen LogP contribution in [0.5, 0.6) is 5.88 Å². The van der Waals surface area contributed by atoms with Crippen LogP contribution in [0.15, 0.2) is 16.4 Å². The van der Waals surface area contributed by atoms with Crippen LogP contribution in [0.3, 0.4) is 0 Å². The maximum Gasteiger partial charge on any atom is 0.235 e. The van der Waals surface area contributed by atoms with Crippen molar-refractivity contribution in [1.82, 2.24) is 10.2 Å². The van der Waals surface area contributed by atoms with Gasteiger partial charge in [0, 0.05) is 7.05 Å². The number of H-pyrrole nitrogens is 1. The van der Waals surface area contributed by atoms with E-state index in [1.54, 1.807) is 0 Å². The van der Waals surface area contributed by atoms with E-state index in [0.717, 1.165) is 0 Å². The van der Waals surface area contributed by atoms with E-state index in [9.17, 15) is 0 Å². The minimum Gasteiger partial charge on any atom is -0.492 e. The third-order valence-electron chi connectivity index (χ3n) is 0.808. The molecule has 0 aliphatic heterocycles. The first kappa shape index (κ1) is 5.74. The first-order chi connectivity index (χ1) is 4.34. The van der Waals surface area contributed by atoms with Crippen LogP contribution >= 0.6 is 0 Å². The molecule has 0 aliphatic carbocycles. The summed E-state index contributed by atoms with van der Waals surface area (Å²) in [6, 6.07) is 0. The standard InChI is InChI=1S/C4H6N4O/c1-5-7-3-2-6-8-4(3)9/h2H,1H3,(H2,6,8,9). The topological polar surface area (TPSA) is 73.6 Å². The Bertz CT molecular complexity index is 216. The highest BCUT2D eigenvalue weighted by Crippen LogP contribution is 2.21. The van der Waals surface area contributed by atoms with Crippen LogP contribution in [-0.4, -0.2) is 22.4 Å². The van der Waals surface area contributed by atoms with E-state index in [4.69, 9.17) is 5.11 Å². The predicted molar refractivity (Wildman–Crippen MR) is 30.7 cm³/mol. The smallest absolute Gasteiger partial charge is 0.235 e. The fourth-order valence-electron chi connectivity index (χ4n) is 0.454. The summed E-state index contributed by atoms with van der Waals surface area (Å²) in [6.07, 6.45) is 1.39. The second kappa shape index (κ2) is 2.25. The molecule has 0 saturated heterocycles. The van der Waals surface area contributed by atoms with Gasteiger partial charge in [-0.2, -0.15) is 10.2 Å². The van der Waals surface area contributed by atoms with Crippen LogP contribution in [0.4, 0.5) is 5.69 Å². The van der Waals surface area contributed by atoms with Crippen LogP contribution < -0.4 is 0 Å². The van der Waals surface area contributed by atoms with Gasteiger partial charge in [-0.1, -0.05) is 0 Å². The van der Waals surface area contributed by atoms with Crippen LogP contribution in [-0.2, 0) is 0 Å². The van der Waals surface area contributed by atoms with Gasteiger partial charge >= 0.3 is 0 Å². The number of nitrogens with zero attached hydrogens (tertiary/aromatic N) is 3. The monoisotopic (exact) mass is 126 g/mol. The van der Waals surface area contributed by atoms with Gasteiger partial charge in [-0.15, -0.1) is 5.11 Å². The Labute approximate surface area is 51.4 Å². The molecular weight excluding hydrogens is 120 g/mol. The van der Waals surface area contributed by atoms with Gasteiger partial charge in [-0.25, -0.2) is 5.10 Å². The molecule has 0 aromatic carbocycles. The quantitative estimate of drug-likeness (QED) is 0.547. The number of aromatic hydroxyl groups is 1. The molecule has 1 heterocycles. The highest BCUT2D eigenvalue weighted by atomic mass is 16.3. The molecule has 0 aliphatic rings. The van der Waals surface area contributed by atoms with Crippen LogP contribution in [0, 0.1) is 0 Å². The number of rotatable bonds is 1. The average molecular weight is 126 g/mol. The van der Waals surface area contributed by atoms with Crippen molar-refractivity contribution in [2.24, 2.45) is 10.2 Å². The van der Waals surface area contributed by atoms with E-state index < -0.39 is 0 Å². The van der Waals surface area contributed by atoms with Crippen molar-refractivity contribution >= 4 is 5.69 Å². The molecule has 1 aromatic rings. The molecule has 0 unspecified atom stereocenters. The largest absolute Gasteiger partial charge is 0.492 e. The lowest BCUT2D eigenvalue weighted by atomic mass is 10.6. The third kappa shape index (κ3) is 1.04. The Morgan fingerprint density at radius 2 is 2.56 bits per heavy atom. The second-order valence-corrected chi connectivity index (χ2v) is 1.40. The van der Waals surface area contributed by atoms with Gasteiger partial charge in [0.1, 0.15) is 0 Å². The Balaban J connectivity index is 2.94. The maximum absolute atomic E-state index is 8.81. The van der Waals surface area contributed by atoms with Crippen molar-refractivity contribution in [1.29, 1.82) is 0 Å². The lowest BCUT2D eigenvalue weighted by molar-refractivity contribution is 0.453. The highest BCUT2D eigenvalue weighted by Gasteiger charge is 1.97. The molecule has 0 bridgehead atoms. The zero-order valence-corrected chi connectivity index (χ0v) is 4.87. The van der Waals surface area contributed by atoms with Crippen molar-refractivity contribution < 1.29 is 5.11 Å². The molecule has 5 heteroatoms. The second-order valence-electron chi connectivity index (χ2n) is 1.40. The van der Waals surface area contributed by atoms with E-state index in [1.165, 1.54) is 13.2 Å². The summed E-state index contributed by atoms with van der Waals surface area (Å²) >= 11 is 0. The number of aromatic amines is 1. The number of aromatic nitrogens is 2. The fraction of sp³-hybridized carbons (Fsp3) is 0.250. The SMILES string of the molecule is CN=Nc1cn[nH]c1O. The zero-order chi connectivity index (χ0) is 6.69. The van der Waals surface area contributed by atoms with Gasteiger partial charge in [0.25, 0.3) is 0 Å². The van der Waals surface area contributed by atoms with Crippen LogP contribution in [0.2, 0.25) is 0 Å². The lowest BCUT2D eigenvalue weighted by Crippen LogP contribution is -1.60. The maximum atomic E-state index is 8.81. The minimum absolute atomic E-state index is 0.0550. The Morgan fingerprint density at radius 1 is 1.78 bits per heavy atom. The molecule has 48 valence electrons. The summed E-state index contributed by atoms with van der Waals surface area (Å²) in [7, 11) is 1.52. The molecule has 2 N–H and O–H groups in total. The van der Waals surface area contributed by atoms with Gasteiger partial charge in [-0.3, -0.25) is 0 Å². The molecule has 0 spiro atoms. The molecule has 0 fully saturated rings. The molecule has 0 radical (unpaired) electrons. The average Bonchev–Trinajstić information content (AvgIpc) is 2.18. The Kier molecular flexibility index (Phi) is 1.44. The number of nitrogens with one attached hydrogen (secondary N) is 1. The summed E-state index contributed by atoms with van der Waals surface area (Å²) in [6.45, 7) is 0. The summed E-state index contributed by atoms with van der Waals surface area (Å²) < 4.78 is 0. The van der Waals surface area contributed by atoms with Crippen molar-refractivity contribution in [3.8, 4) is 5.88 Å². The molecule has 1 rings (SSSR count). The molecule has 0 atom stereocenters. The molecule has 9 heavy (non-hydrogen) atoms. The molecule has 0 saturated carbocycles. The van der Waals surface area contributed by atoms with E-state index in [1.807, 2.05) is 0 Å². The summed E-state index contributed by atoms with van der Waals surface area (Å²) in [4.78, 5) is 0. The predicted octanol–water partition coefficient (Wildman–Crippen LogP) is 0.829. The summed E-state index contributed by atoms with van der Waals surface area (Å²) in [5.74, 6) is -0.0550. The molecule has 5 nitrogen and oxygen atoms in total. The Hall–Kier alpha value is -1.39. The highest BCUT2D eigenvalue weighted by molar-refractivity contribution is 5.42. The van der Waals surface area contributed by atoms with Crippen molar-refractivity contribution in [3.05, 3.63) is 6.20 Å². The minimum atomic E-state index is -0.0550. The van der Waals surface area contributed by atoms with Crippen LogP contribution in [0.25, 0.3) is 0 Å². The van der Waals surface area contributed by atoms with Gasteiger partial charge in [0.05, 0.1) is 6.20 Å². The van der Waals surface area contributed by atoms with Gasteiger partial charge in [-0.05, 0) is 0 Å². The summed E-state index contributed by atoms with van der Waals surface area (Å²) in [5.41, 5.74) is 0.359. The lowest BCUT2D eigenvalue weighted by Gasteiger charge is -1.81. The van der Waals surface area contributed by atoms with E-state index in [-0.39, 0.29) is 5.88 Å². The first-order valence-corrected chi connectivity index (χ1v) is 2.36. The molecule has 0 amide bonds. The fourth-order valence-corrected chi connectivity index (χ4v) is 0.454. The first-order valence-electron chi connectivity index (χ1n) is 2.36. The summed E-state index contributed by atoms with van der Waals surface area (Å²) in [5, 5.41) is 21.6.